The lowest BCUT2D eigenvalue weighted by Gasteiger charge is -2.36. The zero-order chi connectivity index (χ0) is 20.3. The van der Waals surface area contributed by atoms with E-state index in [1.807, 2.05) is 13.8 Å². The molecule has 1 aliphatic rings. The highest BCUT2D eigenvalue weighted by Gasteiger charge is 2.24. The molecule has 28 heavy (non-hydrogen) atoms. The second-order valence-electron chi connectivity index (χ2n) is 6.91. The van der Waals surface area contributed by atoms with Crippen LogP contribution in [0.4, 0.5) is 10.1 Å². The lowest BCUT2D eigenvalue weighted by molar-refractivity contribution is 0.0746. The van der Waals surface area contributed by atoms with E-state index in [-0.39, 0.29) is 17.8 Å². The van der Waals surface area contributed by atoms with Gasteiger partial charge in [-0.3, -0.25) is 4.79 Å². The molecule has 0 aliphatic carbocycles. The largest absolute Gasteiger partial charge is 0.493 e. The molecule has 5 nitrogen and oxygen atoms in total. The van der Waals surface area contributed by atoms with Crippen LogP contribution in [0.2, 0.25) is 5.02 Å². The summed E-state index contributed by atoms with van der Waals surface area (Å²) in [6.07, 6.45) is -0.0625. The van der Waals surface area contributed by atoms with Crippen LogP contribution in [0.1, 0.15) is 24.2 Å². The lowest BCUT2D eigenvalue weighted by atomic mass is 10.1. The number of carbonyl (C=O) groups excluding carboxylic acids is 1. The number of hydrogen-bond donors (Lipinski definition) is 0. The maximum Gasteiger partial charge on any atom is 0.254 e. The Hall–Kier alpha value is -2.47. The number of rotatable bonds is 5. The van der Waals surface area contributed by atoms with Gasteiger partial charge in [0.15, 0.2) is 11.5 Å². The Balaban J connectivity index is 1.71. The van der Waals surface area contributed by atoms with Gasteiger partial charge in [0.05, 0.1) is 18.2 Å². The van der Waals surface area contributed by atoms with Crippen LogP contribution < -0.4 is 14.4 Å². The summed E-state index contributed by atoms with van der Waals surface area (Å²) in [6, 6.07) is 9.69. The van der Waals surface area contributed by atoms with Crippen LogP contribution in [0, 0.1) is 5.82 Å². The molecule has 1 amide bonds. The number of halogens is 2. The predicted octanol–water partition coefficient (Wildman–Crippen LogP) is 4.24. The zero-order valence-electron chi connectivity index (χ0n) is 16.2. The van der Waals surface area contributed by atoms with E-state index >= 15 is 0 Å². The van der Waals surface area contributed by atoms with E-state index in [4.69, 9.17) is 21.1 Å². The normalized spacial score (nSPS) is 14.4. The number of methoxy groups -OCH3 is 1. The molecule has 0 radical (unpaired) electrons. The summed E-state index contributed by atoms with van der Waals surface area (Å²) in [4.78, 5) is 16.9. The molecule has 7 heteroatoms. The second kappa shape index (κ2) is 8.69. The van der Waals surface area contributed by atoms with Gasteiger partial charge in [0.2, 0.25) is 0 Å². The van der Waals surface area contributed by atoms with Gasteiger partial charge in [-0.15, -0.1) is 0 Å². The number of amides is 1. The smallest absolute Gasteiger partial charge is 0.254 e. The van der Waals surface area contributed by atoms with Gasteiger partial charge in [-0.1, -0.05) is 11.6 Å². The Morgan fingerprint density at radius 3 is 2.32 bits per heavy atom. The number of anilines is 1. The minimum absolute atomic E-state index is 0.0625. The molecule has 0 spiro atoms. The molecular weight excluding hydrogens is 383 g/mol. The first-order chi connectivity index (χ1) is 13.4. The number of nitrogens with zero attached hydrogens (tertiary/aromatic N) is 2. The summed E-state index contributed by atoms with van der Waals surface area (Å²) in [6.45, 7) is 6.29. The van der Waals surface area contributed by atoms with Gasteiger partial charge in [0.25, 0.3) is 5.91 Å². The quantitative estimate of drug-likeness (QED) is 0.744. The topological polar surface area (TPSA) is 42.0 Å². The summed E-state index contributed by atoms with van der Waals surface area (Å²) in [5.74, 6) is 0.523. The maximum absolute atomic E-state index is 13.1. The molecule has 1 saturated heterocycles. The second-order valence-corrected chi connectivity index (χ2v) is 7.32. The fourth-order valence-electron chi connectivity index (χ4n) is 3.20. The van der Waals surface area contributed by atoms with Crippen LogP contribution in [0.5, 0.6) is 11.5 Å². The van der Waals surface area contributed by atoms with E-state index in [0.29, 0.717) is 48.3 Å². The molecule has 0 atom stereocenters. The lowest BCUT2D eigenvalue weighted by Crippen LogP contribution is -2.48. The molecule has 0 N–H and O–H groups in total. The first kappa shape index (κ1) is 20.3. The molecule has 0 bridgehead atoms. The average molecular weight is 407 g/mol. The van der Waals surface area contributed by atoms with Crippen LogP contribution >= 0.6 is 11.6 Å². The SMILES string of the molecule is COc1cc(C(=O)N2CCN(c3ccc(F)cc3)CC2)cc(Cl)c1OC(C)C. The summed E-state index contributed by atoms with van der Waals surface area (Å²) in [5.41, 5.74) is 1.42. The van der Waals surface area contributed by atoms with Crippen LogP contribution in [0.25, 0.3) is 0 Å². The van der Waals surface area contributed by atoms with E-state index in [2.05, 4.69) is 4.90 Å². The van der Waals surface area contributed by atoms with Crippen molar-refractivity contribution >= 4 is 23.2 Å². The van der Waals surface area contributed by atoms with Crippen LogP contribution in [0.15, 0.2) is 36.4 Å². The van der Waals surface area contributed by atoms with Crippen molar-refractivity contribution < 1.29 is 18.7 Å². The highest BCUT2D eigenvalue weighted by atomic mass is 35.5. The first-order valence-corrected chi connectivity index (χ1v) is 9.61. The molecule has 0 saturated carbocycles. The van der Waals surface area contributed by atoms with Crippen LogP contribution in [0.3, 0.4) is 0 Å². The zero-order valence-corrected chi connectivity index (χ0v) is 17.0. The molecule has 1 heterocycles. The van der Waals surface area contributed by atoms with Gasteiger partial charge >= 0.3 is 0 Å². The fourth-order valence-corrected chi connectivity index (χ4v) is 3.45. The number of piperazine rings is 1. The standard InChI is InChI=1S/C21H24ClFN2O3/c1-14(2)28-20-18(22)12-15(13-19(20)27-3)21(26)25-10-8-24(9-11-25)17-6-4-16(23)5-7-17/h4-7,12-14H,8-11H2,1-3H3. The molecule has 0 unspecified atom stereocenters. The fraction of sp³-hybridized carbons (Fsp3) is 0.381. The molecule has 0 aromatic heterocycles. The molecular formula is C21H24ClFN2O3. The Morgan fingerprint density at radius 2 is 1.75 bits per heavy atom. The van der Waals surface area contributed by atoms with Gasteiger partial charge in [0.1, 0.15) is 5.82 Å². The van der Waals surface area contributed by atoms with Crippen LogP contribution in [-0.4, -0.2) is 50.2 Å². The molecule has 1 aliphatic heterocycles. The summed E-state index contributed by atoms with van der Waals surface area (Å²) in [5, 5.41) is 0.348. The van der Waals surface area contributed by atoms with Crippen molar-refractivity contribution in [2.75, 3.05) is 38.2 Å². The Morgan fingerprint density at radius 1 is 1.11 bits per heavy atom. The minimum atomic E-state index is -0.256. The first-order valence-electron chi connectivity index (χ1n) is 9.23. The third kappa shape index (κ3) is 4.50. The Bertz CT molecular complexity index is 834. The molecule has 3 rings (SSSR count). The predicted molar refractivity (Wildman–Crippen MR) is 108 cm³/mol. The Labute approximate surface area is 169 Å². The molecule has 2 aromatic carbocycles. The average Bonchev–Trinajstić information content (AvgIpc) is 2.69. The third-order valence-corrected chi connectivity index (χ3v) is 4.87. The van der Waals surface area contributed by atoms with Crippen LogP contribution in [-0.2, 0) is 0 Å². The maximum atomic E-state index is 13.1. The van der Waals surface area contributed by atoms with E-state index in [1.54, 1.807) is 29.2 Å². The highest BCUT2D eigenvalue weighted by molar-refractivity contribution is 6.32. The van der Waals surface area contributed by atoms with Crippen molar-refractivity contribution in [3.8, 4) is 11.5 Å². The number of benzene rings is 2. The third-order valence-electron chi connectivity index (χ3n) is 4.59. The monoisotopic (exact) mass is 406 g/mol. The van der Waals surface area contributed by atoms with Gasteiger partial charge in [-0.05, 0) is 50.2 Å². The van der Waals surface area contributed by atoms with Crippen molar-refractivity contribution in [3.63, 3.8) is 0 Å². The molecule has 150 valence electrons. The summed E-state index contributed by atoms with van der Waals surface area (Å²) < 4.78 is 24.2. The number of ether oxygens (including phenoxy) is 2. The van der Waals surface area contributed by atoms with Gasteiger partial charge in [-0.2, -0.15) is 0 Å². The summed E-state index contributed by atoms with van der Waals surface area (Å²) >= 11 is 6.34. The van der Waals surface area contributed by atoms with E-state index in [9.17, 15) is 9.18 Å². The molecule has 2 aromatic rings. The minimum Gasteiger partial charge on any atom is -0.493 e. The summed E-state index contributed by atoms with van der Waals surface area (Å²) in [7, 11) is 1.52. The number of hydrogen-bond acceptors (Lipinski definition) is 4. The van der Waals surface area contributed by atoms with Crippen molar-refractivity contribution in [3.05, 3.63) is 52.8 Å². The van der Waals surface area contributed by atoms with E-state index in [0.717, 1.165) is 5.69 Å². The van der Waals surface area contributed by atoms with Gasteiger partial charge in [0, 0.05) is 37.4 Å². The van der Waals surface area contributed by atoms with Crippen molar-refractivity contribution in [2.24, 2.45) is 0 Å². The number of carbonyl (C=O) groups is 1. The molecule has 1 fully saturated rings. The van der Waals surface area contributed by atoms with Crippen molar-refractivity contribution in [1.82, 2.24) is 4.90 Å². The van der Waals surface area contributed by atoms with Gasteiger partial charge in [-0.25, -0.2) is 4.39 Å². The van der Waals surface area contributed by atoms with Crippen molar-refractivity contribution in [2.45, 2.75) is 20.0 Å². The van der Waals surface area contributed by atoms with E-state index in [1.165, 1.54) is 19.2 Å². The van der Waals surface area contributed by atoms with Gasteiger partial charge < -0.3 is 19.3 Å². The highest BCUT2D eigenvalue weighted by Crippen LogP contribution is 2.37. The van der Waals surface area contributed by atoms with E-state index < -0.39 is 0 Å². The van der Waals surface area contributed by atoms with Crippen molar-refractivity contribution in [1.29, 1.82) is 0 Å². The Kier molecular flexibility index (Phi) is 6.29.